The van der Waals surface area contributed by atoms with Gasteiger partial charge in [0.25, 0.3) is 5.91 Å². The van der Waals surface area contributed by atoms with Crippen LogP contribution < -0.4 is 5.32 Å². The molecule has 0 aliphatic carbocycles. The molecule has 0 spiro atoms. The fraction of sp³-hybridized carbons (Fsp3) is 0.333. The zero-order valence-electron chi connectivity index (χ0n) is 12.9. The number of aromatic nitrogens is 4. The predicted octanol–water partition coefficient (Wildman–Crippen LogP) is 1.27. The molecule has 1 aliphatic rings. The third-order valence-corrected chi connectivity index (χ3v) is 4.72. The fourth-order valence-corrected chi connectivity index (χ4v) is 3.42. The number of amides is 1. The highest BCUT2D eigenvalue weighted by Crippen LogP contribution is 2.17. The lowest BCUT2D eigenvalue weighted by Crippen LogP contribution is -2.34. The van der Waals surface area contributed by atoms with Gasteiger partial charge in [0.1, 0.15) is 10.8 Å². The number of hydrogen-bond donors (Lipinski definition) is 1. The van der Waals surface area contributed by atoms with Crippen LogP contribution in [0.1, 0.15) is 27.1 Å². The molecule has 3 aromatic rings. The van der Waals surface area contributed by atoms with E-state index in [0.29, 0.717) is 6.54 Å². The van der Waals surface area contributed by atoms with Crippen molar-refractivity contribution in [1.29, 1.82) is 0 Å². The maximum Gasteiger partial charge on any atom is 0.290 e. The molecule has 9 heteroatoms. The first kappa shape index (κ1) is 15.0. The number of fused-ring (bicyclic) bond motifs is 1. The highest BCUT2D eigenvalue weighted by atomic mass is 32.1. The molecule has 0 bridgehead atoms. The Morgan fingerprint density at radius 3 is 3.08 bits per heavy atom. The van der Waals surface area contributed by atoms with Crippen LogP contribution in [0.2, 0.25) is 0 Å². The van der Waals surface area contributed by atoms with Crippen molar-refractivity contribution in [2.24, 2.45) is 0 Å². The summed E-state index contributed by atoms with van der Waals surface area (Å²) in [5.41, 5.74) is 0.992. The van der Waals surface area contributed by atoms with Crippen LogP contribution in [0, 0.1) is 0 Å². The van der Waals surface area contributed by atoms with Crippen LogP contribution in [0.15, 0.2) is 34.6 Å². The van der Waals surface area contributed by atoms with E-state index in [1.807, 2.05) is 17.8 Å². The summed E-state index contributed by atoms with van der Waals surface area (Å²) in [5.74, 6) is 0.953. The Morgan fingerprint density at radius 1 is 1.33 bits per heavy atom. The van der Waals surface area contributed by atoms with Crippen molar-refractivity contribution < 1.29 is 9.32 Å². The molecule has 24 heavy (non-hydrogen) atoms. The summed E-state index contributed by atoms with van der Waals surface area (Å²) in [4.78, 5) is 23.1. The molecular weight excluding hydrogens is 328 g/mol. The Kier molecular flexibility index (Phi) is 4.09. The van der Waals surface area contributed by atoms with Gasteiger partial charge in [0.05, 0.1) is 37.7 Å². The lowest BCUT2D eigenvalue weighted by molar-refractivity contribution is 0.0912. The number of carbonyl (C=O) groups is 1. The molecule has 0 saturated carbocycles. The molecule has 0 atom stereocenters. The Labute approximate surface area is 142 Å². The number of thiazole rings is 1. The second-order valence-corrected chi connectivity index (χ2v) is 6.49. The monoisotopic (exact) mass is 344 g/mol. The van der Waals surface area contributed by atoms with E-state index in [9.17, 15) is 4.79 Å². The van der Waals surface area contributed by atoms with E-state index < -0.39 is 0 Å². The second kappa shape index (κ2) is 6.54. The van der Waals surface area contributed by atoms with E-state index in [4.69, 9.17) is 4.52 Å². The molecule has 0 aromatic carbocycles. The van der Waals surface area contributed by atoms with Gasteiger partial charge in [0.15, 0.2) is 0 Å². The summed E-state index contributed by atoms with van der Waals surface area (Å²) in [6.07, 6.45) is 5.11. The Hall–Kier alpha value is -2.52. The van der Waals surface area contributed by atoms with Crippen LogP contribution in [0.5, 0.6) is 0 Å². The van der Waals surface area contributed by atoms with Gasteiger partial charge in [0.2, 0.25) is 5.76 Å². The van der Waals surface area contributed by atoms with Crippen molar-refractivity contribution in [3.05, 3.63) is 52.3 Å². The van der Waals surface area contributed by atoms with Crippen LogP contribution in [0.4, 0.5) is 0 Å². The number of imidazole rings is 1. The maximum atomic E-state index is 11.9. The minimum atomic E-state index is -0.274. The molecule has 8 nitrogen and oxygen atoms in total. The topological polar surface area (TPSA) is 89.1 Å². The van der Waals surface area contributed by atoms with E-state index in [1.165, 1.54) is 12.3 Å². The zero-order chi connectivity index (χ0) is 16.4. The normalized spacial score (nSPS) is 14.5. The van der Waals surface area contributed by atoms with Crippen LogP contribution in [-0.2, 0) is 26.2 Å². The van der Waals surface area contributed by atoms with Gasteiger partial charge in [-0.3, -0.25) is 9.69 Å². The lowest BCUT2D eigenvalue weighted by atomic mass is 10.3. The third-order valence-electron chi connectivity index (χ3n) is 3.96. The van der Waals surface area contributed by atoms with Gasteiger partial charge >= 0.3 is 0 Å². The summed E-state index contributed by atoms with van der Waals surface area (Å²) >= 11 is 1.67. The van der Waals surface area contributed by atoms with Gasteiger partial charge in [-0.1, -0.05) is 5.16 Å². The van der Waals surface area contributed by atoms with Gasteiger partial charge in [-0.25, -0.2) is 9.97 Å². The first-order valence-corrected chi connectivity index (χ1v) is 8.50. The van der Waals surface area contributed by atoms with E-state index in [1.54, 1.807) is 11.3 Å². The van der Waals surface area contributed by atoms with E-state index in [2.05, 4.69) is 29.9 Å². The average Bonchev–Trinajstić information content (AvgIpc) is 3.34. The largest absolute Gasteiger partial charge is 0.351 e. The smallest absolute Gasteiger partial charge is 0.290 e. The van der Waals surface area contributed by atoms with Crippen molar-refractivity contribution in [2.75, 3.05) is 6.54 Å². The van der Waals surface area contributed by atoms with Crippen molar-refractivity contribution >= 4 is 17.2 Å². The Balaban J connectivity index is 1.38. The first-order valence-electron chi connectivity index (χ1n) is 7.62. The molecule has 1 amide bonds. The molecule has 1 aliphatic heterocycles. The standard InChI is InChI=1S/C15H16N6O2S/c22-15(12-1-2-19-23-12)18-8-11-7-17-13-9-20(4-5-21(11)13)10-14-16-3-6-24-14/h1-3,6-7H,4-5,8-10H2,(H,18,22). The fourth-order valence-electron chi connectivity index (χ4n) is 2.76. The third kappa shape index (κ3) is 3.08. The van der Waals surface area contributed by atoms with E-state index >= 15 is 0 Å². The highest BCUT2D eigenvalue weighted by molar-refractivity contribution is 7.09. The molecule has 4 heterocycles. The summed E-state index contributed by atoms with van der Waals surface area (Å²) in [7, 11) is 0. The Morgan fingerprint density at radius 2 is 2.29 bits per heavy atom. The van der Waals surface area contributed by atoms with E-state index in [-0.39, 0.29) is 11.7 Å². The van der Waals surface area contributed by atoms with Crippen molar-refractivity contribution in [3.8, 4) is 0 Å². The Bertz CT molecular complexity index is 811. The van der Waals surface area contributed by atoms with Gasteiger partial charge in [-0.15, -0.1) is 11.3 Å². The minimum absolute atomic E-state index is 0.211. The van der Waals surface area contributed by atoms with Gasteiger partial charge in [-0.2, -0.15) is 0 Å². The molecule has 0 saturated heterocycles. The van der Waals surface area contributed by atoms with Crippen LogP contribution in [-0.4, -0.2) is 37.0 Å². The lowest BCUT2D eigenvalue weighted by Gasteiger charge is -2.27. The average molecular weight is 344 g/mol. The number of hydrogen-bond acceptors (Lipinski definition) is 7. The molecular formula is C15H16N6O2S. The van der Waals surface area contributed by atoms with Crippen LogP contribution in [0.3, 0.4) is 0 Å². The molecule has 124 valence electrons. The van der Waals surface area contributed by atoms with Crippen molar-refractivity contribution in [1.82, 2.24) is 29.9 Å². The van der Waals surface area contributed by atoms with Crippen molar-refractivity contribution in [2.45, 2.75) is 26.2 Å². The summed E-state index contributed by atoms with van der Waals surface area (Å²) in [6, 6.07) is 1.54. The summed E-state index contributed by atoms with van der Waals surface area (Å²) < 4.78 is 7.01. The number of carbonyl (C=O) groups excluding carboxylic acids is 1. The van der Waals surface area contributed by atoms with Gasteiger partial charge < -0.3 is 14.4 Å². The quantitative estimate of drug-likeness (QED) is 0.750. The second-order valence-electron chi connectivity index (χ2n) is 5.51. The minimum Gasteiger partial charge on any atom is -0.351 e. The number of nitrogens with zero attached hydrogens (tertiary/aromatic N) is 5. The first-order chi connectivity index (χ1) is 11.8. The van der Waals surface area contributed by atoms with Crippen LogP contribution in [0.25, 0.3) is 0 Å². The van der Waals surface area contributed by atoms with Crippen LogP contribution >= 0.6 is 11.3 Å². The van der Waals surface area contributed by atoms with E-state index in [0.717, 1.165) is 42.7 Å². The molecule has 3 aromatic heterocycles. The van der Waals surface area contributed by atoms with Crippen molar-refractivity contribution in [3.63, 3.8) is 0 Å². The summed E-state index contributed by atoms with van der Waals surface area (Å²) in [5, 5.41) is 9.48. The summed E-state index contributed by atoms with van der Waals surface area (Å²) in [6.45, 7) is 3.84. The van der Waals surface area contributed by atoms with Gasteiger partial charge in [-0.05, 0) is 0 Å². The molecule has 4 rings (SSSR count). The molecule has 1 N–H and O–H groups in total. The number of rotatable bonds is 5. The predicted molar refractivity (Wildman–Crippen MR) is 86.1 cm³/mol. The molecule has 0 fully saturated rings. The number of nitrogens with one attached hydrogen (secondary N) is 1. The van der Waals surface area contributed by atoms with Gasteiger partial charge in [0, 0.05) is 30.7 Å². The zero-order valence-corrected chi connectivity index (χ0v) is 13.7. The SMILES string of the molecule is O=C(NCc1cnc2n1CCN(Cc1nccs1)C2)c1ccno1. The highest BCUT2D eigenvalue weighted by Gasteiger charge is 2.21. The molecule has 0 unspecified atom stereocenters. The molecule has 0 radical (unpaired) electrons. The maximum absolute atomic E-state index is 11.9.